The summed E-state index contributed by atoms with van der Waals surface area (Å²) in [5, 5.41) is 2.90. The van der Waals surface area contributed by atoms with Gasteiger partial charge >= 0.3 is 0 Å². The Kier molecular flexibility index (Phi) is 5.14. The van der Waals surface area contributed by atoms with Crippen molar-refractivity contribution in [3.8, 4) is 11.5 Å². The highest BCUT2D eigenvalue weighted by molar-refractivity contribution is 6.04. The second-order valence-corrected chi connectivity index (χ2v) is 5.95. The highest BCUT2D eigenvalue weighted by Gasteiger charge is 2.06. The minimum absolute atomic E-state index is 0.116. The molecule has 0 fully saturated rings. The van der Waals surface area contributed by atoms with Crippen molar-refractivity contribution in [1.29, 1.82) is 0 Å². The number of hydrogen-bond acceptors (Lipinski definition) is 2. The van der Waals surface area contributed by atoms with Crippen LogP contribution in [0.5, 0.6) is 11.5 Å². The van der Waals surface area contributed by atoms with Crippen LogP contribution in [0.1, 0.15) is 28.4 Å². The topological polar surface area (TPSA) is 38.3 Å². The van der Waals surface area contributed by atoms with E-state index in [1.54, 1.807) is 0 Å². The molecule has 0 aromatic heterocycles. The zero-order chi connectivity index (χ0) is 17.6. The van der Waals surface area contributed by atoms with Crippen LogP contribution < -0.4 is 10.1 Å². The highest BCUT2D eigenvalue weighted by Crippen LogP contribution is 2.24. The lowest BCUT2D eigenvalue weighted by molar-refractivity contribution is 0.102. The Morgan fingerprint density at radius 1 is 0.920 bits per heavy atom. The van der Waals surface area contributed by atoms with Gasteiger partial charge in [-0.1, -0.05) is 31.2 Å². The van der Waals surface area contributed by atoms with Crippen LogP contribution in [0, 0.1) is 6.92 Å². The zero-order valence-electron chi connectivity index (χ0n) is 14.5. The van der Waals surface area contributed by atoms with Crippen LogP contribution in [0.2, 0.25) is 0 Å². The predicted octanol–water partition coefficient (Wildman–Crippen LogP) is 5.60. The van der Waals surface area contributed by atoms with Crippen molar-refractivity contribution >= 4 is 11.6 Å². The molecule has 1 N–H and O–H groups in total. The number of carbonyl (C=O) groups excluding carboxylic acids is 1. The third-order valence-corrected chi connectivity index (χ3v) is 3.96. The summed E-state index contributed by atoms with van der Waals surface area (Å²) in [4.78, 5) is 12.3. The Labute approximate surface area is 148 Å². The standard InChI is InChI=1S/C22H21NO2/c1-3-17-7-9-18(10-8-17)22(24)23-19-11-13-20(14-12-19)25-21-6-4-5-16(2)15-21/h4-15H,3H2,1-2H3,(H,23,24). The van der Waals surface area contributed by atoms with Gasteiger partial charge in [0.15, 0.2) is 0 Å². The molecule has 3 aromatic carbocycles. The molecule has 1 amide bonds. The fraction of sp³-hybridized carbons (Fsp3) is 0.136. The van der Waals surface area contributed by atoms with E-state index < -0.39 is 0 Å². The van der Waals surface area contributed by atoms with Crippen molar-refractivity contribution in [3.05, 3.63) is 89.5 Å². The highest BCUT2D eigenvalue weighted by atomic mass is 16.5. The largest absolute Gasteiger partial charge is 0.457 e. The number of amides is 1. The number of hydrogen-bond donors (Lipinski definition) is 1. The van der Waals surface area contributed by atoms with Crippen LogP contribution in [0.4, 0.5) is 5.69 Å². The predicted molar refractivity (Wildman–Crippen MR) is 101 cm³/mol. The van der Waals surface area contributed by atoms with Gasteiger partial charge in [-0.2, -0.15) is 0 Å². The molecule has 0 saturated heterocycles. The van der Waals surface area contributed by atoms with Crippen LogP contribution in [0.15, 0.2) is 72.8 Å². The van der Waals surface area contributed by atoms with Crippen LogP contribution >= 0.6 is 0 Å². The van der Waals surface area contributed by atoms with E-state index in [0.29, 0.717) is 5.56 Å². The lowest BCUT2D eigenvalue weighted by Gasteiger charge is -2.09. The molecule has 0 heterocycles. The van der Waals surface area contributed by atoms with Gasteiger partial charge in [-0.3, -0.25) is 4.79 Å². The number of ether oxygens (including phenoxy) is 1. The summed E-state index contributed by atoms with van der Waals surface area (Å²) in [7, 11) is 0. The first-order chi connectivity index (χ1) is 12.1. The van der Waals surface area contributed by atoms with Crippen molar-refractivity contribution in [1.82, 2.24) is 0 Å². The van der Waals surface area contributed by atoms with Gasteiger partial charge in [0.1, 0.15) is 11.5 Å². The molecule has 25 heavy (non-hydrogen) atoms. The number of carbonyl (C=O) groups is 1. The molecule has 3 nitrogen and oxygen atoms in total. The summed E-state index contributed by atoms with van der Waals surface area (Å²) in [6, 6.07) is 22.9. The molecule has 0 aliphatic rings. The maximum Gasteiger partial charge on any atom is 0.255 e. The third-order valence-electron chi connectivity index (χ3n) is 3.96. The summed E-state index contributed by atoms with van der Waals surface area (Å²) >= 11 is 0. The van der Waals surface area contributed by atoms with E-state index >= 15 is 0 Å². The molecule has 0 unspecified atom stereocenters. The van der Waals surface area contributed by atoms with E-state index in [0.717, 1.165) is 29.2 Å². The Morgan fingerprint density at radius 2 is 1.64 bits per heavy atom. The first-order valence-corrected chi connectivity index (χ1v) is 8.39. The van der Waals surface area contributed by atoms with Gasteiger partial charge < -0.3 is 10.1 Å². The van der Waals surface area contributed by atoms with Crippen LogP contribution in [-0.4, -0.2) is 5.91 Å². The maximum atomic E-state index is 12.3. The first kappa shape index (κ1) is 16.8. The number of rotatable bonds is 5. The normalized spacial score (nSPS) is 10.3. The summed E-state index contributed by atoms with van der Waals surface area (Å²) in [6.07, 6.45) is 0.963. The smallest absolute Gasteiger partial charge is 0.255 e. The van der Waals surface area contributed by atoms with Crippen molar-refractivity contribution in [2.24, 2.45) is 0 Å². The van der Waals surface area contributed by atoms with E-state index in [1.807, 2.05) is 79.7 Å². The van der Waals surface area contributed by atoms with Crippen molar-refractivity contribution in [2.75, 3.05) is 5.32 Å². The van der Waals surface area contributed by atoms with E-state index in [1.165, 1.54) is 5.56 Å². The van der Waals surface area contributed by atoms with Gasteiger partial charge in [0.25, 0.3) is 5.91 Å². The molecule has 126 valence electrons. The number of nitrogens with one attached hydrogen (secondary N) is 1. The van der Waals surface area contributed by atoms with E-state index in [9.17, 15) is 4.79 Å². The lowest BCUT2D eigenvalue weighted by atomic mass is 10.1. The van der Waals surface area contributed by atoms with Crippen molar-refractivity contribution in [2.45, 2.75) is 20.3 Å². The first-order valence-electron chi connectivity index (χ1n) is 8.39. The average Bonchev–Trinajstić information content (AvgIpc) is 2.63. The van der Waals surface area contributed by atoms with Crippen molar-refractivity contribution < 1.29 is 9.53 Å². The Bertz CT molecular complexity index is 852. The summed E-state index contributed by atoms with van der Waals surface area (Å²) in [6.45, 7) is 4.12. The maximum absolute atomic E-state index is 12.3. The number of anilines is 1. The molecule has 0 spiro atoms. The van der Waals surface area contributed by atoms with Crippen LogP contribution in [-0.2, 0) is 6.42 Å². The van der Waals surface area contributed by atoms with Crippen molar-refractivity contribution in [3.63, 3.8) is 0 Å². The Morgan fingerprint density at radius 3 is 2.28 bits per heavy atom. The molecule has 3 aromatic rings. The second-order valence-electron chi connectivity index (χ2n) is 5.95. The molecule has 0 aliphatic carbocycles. The third kappa shape index (κ3) is 4.48. The fourth-order valence-electron chi connectivity index (χ4n) is 2.52. The molecule has 0 saturated carbocycles. The minimum Gasteiger partial charge on any atom is -0.457 e. The van der Waals surface area contributed by atoms with Gasteiger partial charge in [0.05, 0.1) is 0 Å². The quantitative estimate of drug-likeness (QED) is 0.660. The molecule has 3 rings (SSSR count). The van der Waals surface area contributed by atoms with Gasteiger partial charge in [0.2, 0.25) is 0 Å². The Hall–Kier alpha value is -3.07. The summed E-state index contributed by atoms with van der Waals surface area (Å²) in [5.41, 5.74) is 3.75. The molecular weight excluding hydrogens is 310 g/mol. The molecular formula is C22H21NO2. The van der Waals surface area contributed by atoms with E-state index in [4.69, 9.17) is 4.74 Å². The van der Waals surface area contributed by atoms with Crippen LogP contribution in [0.3, 0.4) is 0 Å². The summed E-state index contributed by atoms with van der Waals surface area (Å²) < 4.78 is 5.82. The minimum atomic E-state index is -0.116. The zero-order valence-corrected chi connectivity index (χ0v) is 14.5. The van der Waals surface area contributed by atoms with Gasteiger partial charge in [-0.15, -0.1) is 0 Å². The molecule has 0 radical (unpaired) electrons. The van der Waals surface area contributed by atoms with Gasteiger partial charge in [-0.05, 0) is 73.0 Å². The SMILES string of the molecule is CCc1ccc(C(=O)Nc2ccc(Oc3cccc(C)c3)cc2)cc1. The number of aryl methyl sites for hydroxylation is 2. The van der Waals surface area contributed by atoms with Gasteiger partial charge in [-0.25, -0.2) is 0 Å². The molecule has 0 atom stereocenters. The van der Waals surface area contributed by atoms with Crippen LogP contribution in [0.25, 0.3) is 0 Å². The van der Waals surface area contributed by atoms with Gasteiger partial charge in [0, 0.05) is 11.3 Å². The van der Waals surface area contributed by atoms with E-state index in [2.05, 4.69) is 12.2 Å². The van der Waals surface area contributed by atoms with E-state index in [-0.39, 0.29) is 5.91 Å². The second kappa shape index (κ2) is 7.67. The fourth-order valence-corrected chi connectivity index (χ4v) is 2.52. The Balaban J connectivity index is 1.64. The molecule has 0 aliphatic heterocycles. The monoisotopic (exact) mass is 331 g/mol. The number of benzene rings is 3. The average molecular weight is 331 g/mol. The summed E-state index contributed by atoms with van der Waals surface area (Å²) in [5.74, 6) is 1.42. The molecule has 0 bridgehead atoms. The lowest BCUT2D eigenvalue weighted by Crippen LogP contribution is -2.11. The molecule has 3 heteroatoms.